The summed E-state index contributed by atoms with van der Waals surface area (Å²) in [6, 6.07) is 4.77. The number of hydrogen-bond acceptors (Lipinski definition) is 4. The Hall–Kier alpha value is -0.970. The molecule has 0 bridgehead atoms. The summed E-state index contributed by atoms with van der Waals surface area (Å²) in [6.45, 7) is 6.64. The maximum Gasteiger partial charge on any atom is 0.0675 e. The zero-order valence-electron chi connectivity index (χ0n) is 10.5. The van der Waals surface area contributed by atoms with Gasteiger partial charge in [-0.05, 0) is 31.5 Å². The summed E-state index contributed by atoms with van der Waals surface area (Å²) < 4.78 is 5.66. The van der Waals surface area contributed by atoms with Gasteiger partial charge in [0, 0.05) is 37.6 Å². The predicted molar refractivity (Wildman–Crippen MR) is 67.6 cm³/mol. The summed E-state index contributed by atoms with van der Waals surface area (Å²) in [5, 5.41) is 0. The van der Waals surface area contributed by atoms with E-state index in [1.54, 1.807) is 0 Å². The van der Waals surface area contributed by atoms with Gasteiger partial charge >= 0.3 is 0 Å². The monoisotopic (exact) mass is 235 g/mol. The molecule has 1 aliphatic rings. The highest BCUT2D eigenvalue weighted by Crippen LogP contribution is 2.25. The lowest BCUT2D eigenvalue weighted by molar-refractivity contribution is -0.0654. The highest BCUT2D eigenvalue weighted by molar-refractivity contribution is 5.16. The highest BCUT2D eigenvalue weighted by atomic mass is 16.5. The van der Waals surface area contributed by atoms with E-state index in [9.17, 15) is 0 Å². The molecule has 1 aromatic heterocycles. The van der Waals surface area contributed by atoms with Gasteiger partial charge in [-0.1, -0.05) is 0 Å². The molecule has 94 valence electrons. The van der Waals surface area contributed by atoms with Crippen LogP contribution in [0, 0.1) is 0 Å². The molecule has 1 fully saturated rings. The number of aromatic nitrogens is 1. The minimum absolute atomic E-state index is 0.263. The SMILES string of the molecule is CC1CN(C(CN)c2ccncc2)C(C)CO1. The van der Waals surface area contributed by atoms with Crippen molar-refractivity contribution in [3.05, 3.63) is 30.1 Å². The van der Waals surface area contributed by atoms with Crippen LogP contribution in [0.3, 0.4) is 0 Å². The van der Waals surface area contributed by atoms with Crippen molar-refractivity contribution in [1.29, 1.82) is 0 Å². The van der Waals surface area contributed by atoms with Crippen molar-refractivity contribution in [3.8, 4) is 0 Å². The Labute approximate surface area is 103 Å². The molecular formula is C13H21N3O. The number of ether oxygens (including phenoxy) is 1. The van der Waals surface area contributed by atoms with Crippen LogP contribution in [-0.2, 0) is 4.74 Å². The van der Waals surface area contributed by atoms with Gasteiger partial charge in [-0.25, -0.2) is 0 Å². The van der Waals surface area contributed by atoms with E-state index >= 15 is 0 Å². The molecule has 4 nitrogen and oxygen atoms in total. The smallest absolute Gasteiger partial charge is 0.0675 e. The van der Waals surface area contributed by atoms with Gasteiger partial charge in [-0.3, -0.25) is 9.88 Å². The lowest BCUT2D eigenvalue weighted by atomic mass is 10.0. The molecule has 0 amide bonds. The third-order valence-corrected chi connectivity index (χ3v) is 3.37. The number of nitrogens with two attached hydrogens (primary N) is 1. The van der Waals surface area contributed by atoms with E-state index in [1.807, 2.05) is 24.5 Å². The molecule has 0 aromatic carbocycles. The van der Waals surface area contributed by atoms with Crippen molar-refractivity contribution in [2.24, 2.45) is 5.73 Å². The van der Waals surface area contributed by atoms with Crippen molar-refractivity contribution in [2.45, 2.75) is 32.0 Å². The van der Waals surface area contributed by atoms with E-state index < -0.39 is 0 Å². The second-order valence-corrected chi connectivity index (χ2v) is 4.72. The highest BCUT2D eigenvalue weighted by Gasteiger charge is 2.29. The first-order chi connectivity index (χ1) is 8.22. The molecule has 2 heterocycles. The molecule has 0 spiro atoms. The molecule has 2 rings (SSSR count). The number of morpholine rings is 1. The molecule has 1 aromatic rings. The average molecular weight is 235 g/mol. The van der Waals surface area contributed by atoms with Gasteiger partial charge in [0.1, 0.15) is 0 Å². The Balaban J connectivity index is 2.17. The fourth-order valence-electron chi connectivity index (χ4n) is 2.41. The van der Waals surface area contributed by atoms with Crippen molar-refractivity contribution < 1.29 is 4.74 Å². The summed E-state index contributed by atoms with van der Waals surface area (Å²) in [5.74, 6) is 0. The normalized spacial score (nSPS) is 27.9. The van der Waals surface area contributed by atoms with Crippen LogP contribution in [0.5, 0.6) is 0 Å². The van der Waals surface area contributed by atoms with Crippen LogP contribution < -0.4 is 5.73 Å². The van der Waals surface area contributed by atoms with Gasteiger partial charge in [0.15, 0.2) is 0 Å². The van der Waals surface area contributed by atoms with Crippen molar-refractivity contribution in [3.63, 3.8) is 0 Å². The summed E-state index contributed by atoms with van der Waals surface area (Å²) in [6.07, 6.45) is 3.93. The number of rotatable bonds is 3. The average Bonchev–Trinajstić information content (AvgIpc) is 2.36. The van der Waals surface area contributed by atoms with Gasteiger partial charge in [-0.2, -0.15) is 0 Å². The topological polar surface area (TPSA) is 51.4 Å². The van der Waals surface area contributed by atoms with Crippen LogP contribution in [0.1, 0.15) is 25.5 Å². The Bertz CT molecular complexity index is 344. The summed E-state index contributed by atoms with van der Waals surface area (Å²) in [5.41, 5.74) is 7.18. The summed E-state index contributed by atoms with van der Waals surface area (Å²) in [7, 11) is 0. The first kappa shape index (κ1) is 12.5. The zero-order valence-corrected chi connectivity index (χ0v) is 10.5. The fraction of sp³-hybridized carbons (Fsp3) is 0.615. The Kier molecular flexibility index (Phi) is 4.10. The Morgan fingerprint density at radius 2 is 2.18 bits per heavy atom. The van der Waals surface area contributed by atoms with Crippen molar-refractivity contribution >= 4 is 0 Å². The van der Waals surface area contributed by atoms with Crippen molar-refractivity contribution in [2.75, 3.05) is 19.7 Å². The van der Waals surface area contributed by atoms with Crippen LogP contribution in [0.15, 0.2) is 24.5 Å². The molecule has 0 radical (unpaired) electrons. The largest absolute Gasteiger partial charge is 0.376 e. The third-order valence-electron chi connectivity index (χ3n) is 3.37. The van der Waals surface area contributed by atoms with Gasteiger partial charge in [0.25, 0.3) is 0 Å². The first-order valence-corrected chi connectivity index (χ1v) is 6.19. The van der Waals surface area contributed by atoms with Gasteiger partial charge in [0.2, 0.25) is 0 Å². The van der Waals surface area contributed by atoms with Gasteiger partial charge in [-0.15, -0.1) is 0 Å². The second kappa shape index (κ2) is 5.58. The van der Waals surface area contributed by atoms with Crippen LogP contribution in [0.2, 0.25) is 0 Å². The molecule has 0 aliphatic carbocycles. The quantitative estimate of drug-likeness (QED) is 0.855. The van der Waals surface area contributed by atoms with Crippen molar-refractivity contribution in [1.82, 2.24) is 9.88 Å². The first-order valence-electron chi connectivity index (χ1n) is 6.19. The van der Waals surface area contributed by atoms with Crippen LogP contribution in [-0.4, -0.2) is 41.7 Å². The fourth-order valence-corrected chi connectivity index (χ4v) is 2.41. The maximum absolute atomic E-state index is 5.94. The molecule has 3 unspecified atom stereocenters. The van der Waals surface area contributed by atoms with E-state index in [0.717, 1.165) is 13.2 Å². The molecular weight excluding hydrogens is 214 g/mol. The predicted octanol–water partition coefficient (Wildman–Crippen LogP) is 1.19. The molecule has 2 N–H and O–H groups in total. The molecule has 17 heavy (non-hydrogen) atoms. The molecule has 1 aliphatic heterocycles. The lowest BCUT2D eigenvalue weighted by Crippen LogP contribution is -2.50. The number of hydrogen-bond donors (Lipinski definition) is 1. The Morgan fingerprint density at radius 3 is 2.82 bits per heavy atom. The second-order valence-electron chi connectivity index (χ2n) is 4.72. The molecule has 1 saturated heterocycles. The van der Waals surface area contributed by atoms with E-state index in [0.29, 0.717) is 12.6 Å². The van der Waals surface area contributed by atoms with E-state index in [4.69, 9.17) is 10.5 Å². The minimum atomic E-state index is 0.263. The number of nitrogens with zero attached hydrogens (tertiary/aromatic N) is 2. The minimum Gasteiger partial charge on any atom is -0.376 e. The van der Waals surface area contributed by atoms with Crippen LogP contribution in [0.4, 0.5) is 0 Å². The van der Waals surface area contributed by atoms with Crippen LogP contribution >= 0.6 is 0 Å². The summed E-state index contributed by atoms with van der Waals surface area (Å²) >= 11 is 0. The molecule has 3 atom stereocenters. The van der Waals surface area contributed by atoms with Crippen LogP contribution in [0.25, 0.3) is 0 Å². The zero-order chi connectivity index (χ0) is 12.3. The van der Waals surface area contributed by atoms with E-state index in [2.05, 4.69) is 23.7 Å². The maximum atomic E-state index is 5.94. The van der Waals surface area contributed by atoms with Gasteiger partial charge < -0.3 is 10.5 Å². The van der Waals surface area contributed by atoms with E-state index in [1.165, 1.54) is 5.56 Å². The lowest BCUT2D eigenvalue weighted by Gasteiger charge is -2.41. The Morgan fingerprint density at radius 1 is 1.47 bits per heavy atom. The van der Waals surface area contributed by atoms with E-state index in [-0.39, 0.29) is 12.1 Å². The standard InChI is InChI=1S/C13H21N3O/c1-10-9-17-11(2)8-16(10)13(7-14)12-3-5-15-6-4-12/h3-6,10-11,13H,7-9,14H2,1-2H3. The third kappa shape index (κ3) is 2.83. The summed E-state index contributed by atoms with van der Waals surface area (Å²) in [4.78, 5) is 6.49. The molecule has 4 heteroatoms. The van der Waals surface area contributed by atoms with Gasteiger partial charge in [0.05, 0.1) is 12.7 Å². The number of pyridine rings is 1. The molecule has 0 saturated carbocycles.